The first-order valence-corrected chi connectivity index (χ1v) is 9.46. The second kappa shape index (κ2) is 8.48. The van der Waals surface area contributed by atoms with Gasteiger partial charge in [-0.25, -0.2) is 0 Å². The van der Waals surface area contributed by atoms with Crippen LogP contribution in [0.5, 0.6) is 0 Å². The van der Waals surface area contributed by atoms with Crippen LogP contribution in [-0.2, 0) is 16.0 Å². The van der Waals surface area contributed by atoms with Crippen LogP contribution in [0.2, 0.25) is 0 Å². The minimum atomic E-state index is -0.0251. The molecule has 1 aromatic carbocycles. The van der Waals surface area contributed by atoms with Crippen molar-refractivity contribution in [1.82, 2.24) is 15.5 Å². The Hall–Kier alpha value is -1.88. The zero-order valence-corrected chi connectivity index (χ0v) is 15.1. The third-order valence-corrected chi connectivity index (χ3v) is 5.29. The number of amides is 2. The third kappa shape index (κ3) is 5.05. The first kappa shape index (κ1) is 17.9. The molecule has 2 fully saturated rings. The van der Waals surface area contributed by atoms with Crippen LogP contribution in [0.15, 0.2) is 24.3 Å². The van der Waals surface area contributed by atoms with E-state index >= 15 is 0 Å². The van der Waals surface area contributed by atoms with Gasteiger partial charge in [-0.05, 0) is 50.6 Å². The fraction of sp³-hybridized carbons (Fsp3) is 0.600. The molecule has 5 nitrogen and oxygen atoms in total. The lowest BCUT2D eigenvalue weighted by molar-refractivity contribution is -0.132. The summed E-state index contributed by atoms with van der Waals surface area (Å²) in [6, 6.07) is 8.14. The maximum Gasteiger partial charge on any atom is 0.237 e. The van der Waals surface area contributed by atoms with Crippen LogP contribution in [0.4, 0.5) is 0 Å². The van der Waals surface area contributed by atoms with Crippen molar-refractivity contribution in [2.45, 2.75) is 45.1 Å². The minimum absolute atomic E-state index is 0.0251. The van der Waals surface area contributed by atoms with Gasteiger partial charge in [0.2, 0.25) is 11.8 Å². The fourth-order valence-corrected chi connectivity index (χ4v) is 3.73. The van der Waals surface area contributed by atoms with Crippen molar-refractivity contribution in [3.63, 3.8) is 0 Å². The molecule has 2 aliphatic heterocycles. The lowest BCUT2D eigenvalue weighted by atomic mass is 9.97. The predicted molar refractivity (Wildman–Crippen MR) is 98.2 cm³/mol. The minimum Gasteiger partial charge on any atom is -0.354 e. The van der Waals surface area contributed by atoms with Gasteiger partial charge < -0.3 is 15.5 Å². The lowest BCUT2D eigenvalue weighted by Crippen LogP contribution is -2.47. The molecule has 136 valence electrons. The van der Waals surface area contributed by atoms with Crippen LogP contribution < -0.4 is 10.6 Å². The Kier molecular flexibility index (Phi) is 6.08. The monoisotopic (exact) mass is 343 g/mol. The van der Waals surface area contributed by atoms with Gasteiger partial charge in [0.25, 0.3) is 0 Å². The number of hydrogen-bond acceptors (Lipinski definition) is 3. The Labute approximate surface area is 150 Å². The number of likely N-dealkylation sites (tertiary alicyclic amines) is 1. The van der Waals surface area contributed by atoms with Crippen molar-refractivity contribution < 1.29 is 9.59 Å². The molecule has 3 rings (SSSR count). The van der Waals surface area contributed by atoms with Crippen molar-refractivity contribution >= 4 is 11.8 Å². The van der Waals surface area contributed by atoms with E-state index in [0.717, 1.165) is 50.9 Å². The van der Waals surface area contributed by atoms with E-state index in [0.29, 0.717) is 18.9 Å². The quantitative estimate of drug-likeness (QED) is 0.854. The second-order valence-electron chi connectivity index (χ2n) is 7.40. The molecule has 2 N–H and O–H groups in total. The highest BCUT2D eigenvalue weighted by Gasteiger charge is 2.26. The normalized spacial score (nSPS) is 23.5. The molecule has 0 unspecified atom stereocenters. The van der Waals surface area contributed by atoms with E-state index in [1.54, 1.807) is 0 Å². The van der Waals surface area contributed by atoms with Gasteiger partial charge in [-0.15, -0.1) is 0 Å². The maximum absolute atomic E-state index is 12.6. The van der Waals surface area contributed by atoms with Crippen LogP contribution in [0, 0.1) is 12.8 Å². The largest absolute Gasteiger partial charge is 0.354 e. The van der Waals surface area contributed by atoms with Crippen molar-refractivity contribution in [2.24, 2.45) is 5.92 Å². The highest BCUT2D eigenvalue weighted by Crippen LogP contribution is 2.17. The molecule has 2 atom stereocenters. The third-order valence-electron chi connectivity index (χ3n) is 5.29. The molecule has 0 spiro atoms. The van der Waals surface area contributed by atoms with E-state index in [1.165, 1.54) is 5.56 Å². The molecule has 2 aliphatic rings. The predicted octanol–water partition coefficient (Wildman–Crippen LogP) is 1.64. The van der Waals surface area contributed by atoms with E-state index in [1.807, 2.05) is 29.2 Å². The van der Waals surface area contributed by atoms with Crippen molar-refractivity contribution in [2.75, 3.05) is 26.2 Å². The van der Waals surface area contributed by atoms with Crippen LogP contribution in [0.1, 0.15) is 36.8 Å². The maximum atomic E-state index is 12.6. The smallest absolute Gasteiger partial charge is 0.237 e. The first-order chi connectivity index (χ1) is 12.1. The highest BCUT2D eigenvalue weighted by atomic mass is 16.2. The summed E-state index contributed by atoms with van der Waals surface area (Å²) in [5, 5.41) is 6.30. The SMILES string of the molecule is Cc1ccc(CC(=O)N2CCC[C@H](CNC(=O)[C@@H]3CCCN3)C2)cc1. The standard InChI is InChI=1S/C20H29N3O2/c1-15-6-8-16(9-7-15)12-19(24)23-11-3-4-17(14-23)13-22-20(25)18-5-2-10-21-18/h6-9,17-18,21H,2-5,10-14H2,1H3,(H,22,25)/t17-,18+/m1/s1. The van der Waals surface area contributed by atoms with Gasteiger partial charge in [-0.1, -0.05) is 29.8 Å². The number of nitrogens with zero attached hydrogens (tertiary/aromatic N) is 1. The van der Waals surface area contributed by atoms with Crippen LogP contribution in [0.25, 0.3) is 0 Å². The zero-order chi connectivity index (χ0) is 17.6. The molecule has 0 aromatic heterocycles. The van der Waals surface area contributed by atoms with Crippen LogP contribution in [0.3, 0.4) is 0 Å². The summed E-state index contributed by atoms with van der Waals surface area (Å²) in [6.07, 6.45) is 4.56. The molecule has 0 saturated carbocycles. The van der Waals surface area contributed by atoms with Gasteiger partial charge in [0.1, 0.15) is 0 Å². The molecule has 25 heavy (non-hydrogen) atoms. The van der Waals surface area contributed by atoms with E-state index < -0.39 is 0 Å². The van der Waals surface area contributed by atoms with E-state index in [-0.39, 0.29) is 17.9 Å². The first-order valence-electron chi connectivity index (χ1n) is 9.46. The molecule has 0 bridgehead atoms. The number of nitrogens with one attached hydrogen (secondary N) is 2. The van der Waals surface area contributed by atoms with E-state index in [4.69, 9.17) is 0 Å². The number of aryl methyl sites for hydroxylation is 1. The Morgan fingerprint density at radius 3 is 2.72 bits per heavy atom. The molecule has 2 amide bonds. The summed E-state index contributed by atoms with van der Waals surface area (Å²) >= 11 is 0. The zero-order valence-electron chi connectivity index (χ0n) is 15.1. The number of carbonyl (C=O) groups excluding carboxylic acids is 2. The average Bonchev–Trinajstić information content (AvgIpc) is 3.16. The second-order valence-corrected chi connectivity index (χ2v) is 7.40. The number of hydrogen-bond donors (Lipinski definition) is 2. The van der Waals surface area contributed by atoms with Crippen molar-refractivity contribution in [3.05, 3.63) is 35.4 Å². The van der Waals surface area contributed by atoms with Gasteiger partial charge >= 0.3 is 0 Å². The van der Waals surface area contributed by atoms with Crippen LogP contribution >= 0.6 is 0 Å². The van der Waals surface area contributed by atoms with Gasteiger partial charge in [0.15, 0.2) is 0 Å². The molecular formula is C20H29N3O2. The molecule has 1 aromatic rings. The summed E-state index contributed by atoms with van der Waals surface area (Å²) in [7, 11) is 0. The molecule has 5 heteroatoms. The Morgan fingerprint density at radius 1 is 1.20 bits per heavy atom. The van der Waals surface area contributed by atoms with Crippen molar-refractivity contribution in [1.29, 1.82) is 0 Å². The Morgan fingerprint density at radius 2 is 2.00 bits per heavy atom. The summed E-state index contributed by atoms with van der Waals surface area (Å²) in [6.45, 7) is 5.24. The highest BCUT2D eigenvalue weighted by molar-refractivity contribution is 5.82. The number of rotatable bonds is 5. The summed E-state index contributed by atoms with van der Waals surface area (Å²) in [4.78, 5) is 26.7. The van der Waals surface area contributed by atoms with Gasteiger partial charge in [0.05, 0.1) is 12.5 Å². The average molecular weight is 343 g/mol. The molecule has 0 radical (unpaired) electrons. The van der Waals surface area contributed by atoms with E-state index in [9.17, 15) is 9.59 Å². The van der Waals surface area contributed by atoms with Gasteiger partial charge in [-0.3, -0.25) is 9.59 Å². The molecule has 2 saturated heterocycles. The van der Waals surface area contributed by atoms with Gasteiger partial charge in [0, 0.05) is 19.6 Å². The lowest BCUT2D eigenvalue weighted by Gasteiger charge is -2.33. The number of piperidine rings is 1. The van der Waals surface area contributed by atoms with E-state index in [2.05, 4.69) is 17.6 Å². The topological polar surface area (TPSA) is 61.4 Å². The summed E-state index contributed by atoms with van der Waals surface area (Å²) < 4.78 is 0. The fourth-order valence-electron chi connectivity index (χ4n) is 3.73. The van der Waals surface area contributed by atoms with Gasteiger partial charge in [-0.2, -0.15) is 0 Å². The molecular weight excluding hydrogens is 314 g/mol. The van der Waals surface area contributed by atoms with Crippen LogP contribution in [-0.4, -0.2) is 48.9 Å². The number of carbonyl (C=O) groups is 2. The molecule has 2 heterocycles. The number of benzene rings is 1. The Bertz CT molecular complexity index is 593. The Balaban J connectivity index is 1.46. The summed E-state index contributed by atoms with van der Waals surface area (Å²) in [5.41, 5.74) is 2.28. The molecule has 0 aliphatic carbocycles. The van der Waals surface area contributed by atoms with Crippen molar-refractivity contribution in [3.8, 4) is 0 Å². The summed E-state index contributed by atoms with van der Waals surface area (Å²) in [5.74, 6) is 0.666.